The Bertz CT molecular complexity index is 191. The molecule has 0 aromatic rings. The highest BCUT2D eigenvalue weighted by atomic mass is 16.5. The summed E-state index contributed by atoms with van der Waals surface area (Å²) in [5.74, 6) is -1.01. The van der Waals surface area contributed by atoms with Crippen LogP contribution in [0.25, 0.3) is 0 Å². The van der Waals surface area contributed by atoms with Crippen LogP contribution in [0.2, 0.25) is 0 Å². The van der Waals surface area contributed by atoms with E-state index in [1.54, 1.807) is 0 Å². The van der Waals surface area contributed by atoms with Crippen molar-refractivity contribution < 1.29 is 19.6 Å². The summed E-state index contributed by atoms with van der Waals surface area (Å²) in [6.45, 7) is 0. The molecule has 2 N–H and O–H groups in total. The number of hydroxylamine groups is 2. The quantitative estimate of drug-likeness (QED) is 0.213. The van der Waals surface area contributed by atoms with E-state index >= 15 is 0 Å². The average molecular weight is 158 g/mol. The third-order valence-corrected chi connectivity index (χ3v) is 1.03. The molecular weight excluding hydrogens is 152 g/mol. The van der Waals surface area contributed by atoms with E-state index in [-0.39, 0.29) is 17.9 Å². The van der Waals surface area contributed by atoms with E-state index in [0.717, 1.165) is 6.08 Å². The van der Waals surface area contributed by atoms with Gasteiger partial charge in [0.1, 0.15) is 0 Å². The van der Waals surface area contributed by atoms with Crippen molar-refractivity contribution in [3.63, 3.8) is 0 Å². The van der Waals surface area contributed by atoms with Crippen molar-refractivity contribution >= 4 is 17.9 Å². The van der Waals surface area contributed by atoms with Crippen LogP contribution in [0.1, 0.15) is 12.8 Å². The van der Waals surface area contributed by atoms with Gasteiger partial charge in [0, 0.05) is 12.8 Å². The Morgan fingerprint density at radius 3 is 1.73 bits per heavy atom. The van der Waals surface area contributed by atoms with Crippen LogP contribution >= 0.6 is 0 Å². The smallest absolute Gasteiger partial charge is 0.253 e. The molecule has 0 aromatic heterocycles. The molecule has 0 unspecified atom stereocenters. The molecule has 6 nitrogen and oxygen atoms in total. The Kier molecular flexibility index (Phi) is 3.72. The second-order valence-corrected chi connectivity index (χ2v) is 1.70. The van der Waals surface area contributed by atoms with Crippen LogP contribution in [0.3, 0.4) is 0 Å². The van der Waals surface area contributed by atoms with Crippen molar-refractivity contribution in [2.45, 2.75) is 12.8 Å². The monoisotopic (exact) mass is 158 g/mol. The topological polar surface area (TPSA) is 98.5 Å². The van der Waals surface area contributed by atoms with Gasteiger partial charge in [-0.3, -0.25) is 14.8 Å². The van der Waals surface area contributed by atoms with Gasteiger partial charge in [0.2, 0.25) is 6.08 Å². The van der Waals surface area contributed by atoms with E-state index in [1.165, 1.54) is 0 Å². The molecule has 2 amide bonds. The van der Waals surface area contributed by atoms with Crippen LogP contribution in [0.15, 0.2) is 0 Å². The lowest BCUT2D eigenvalue weighted by molar-refractivity contribution is -0.171. The summed E-state index contributed by atoms with van der Waals surface area (Å²) in [5.41, 5.74) is 0. The van der Waals surface area contributed by atoms with Crippen molar-refractivity contribution in [3.8, 4) is 0 Å². The molecule has 1 aliphatic rings. The van der Waals surface area contributed by atoms with Crippen LogP contribution in [0.4, 0.5) is 0 Å². The molecule has 0 bridgehead atoms. The lowest BCUT2D eigenvalue weighted by Gasteiger charge is -1.98. The van der Waals surface area contributed by atoms with E-state index in [4.69, 9.17) is 15.4 Å². The Morgan fingerprint density at radius 2 is 1.64 bits per heavy atom. The Morgan fingerprint density at radius 1 is 1.36 bits per heavy atom. The summed E-state index contributed by atoms with van der Waals surface area (Å²) >= 11 is 0. The van der Waals surface area contributed by atoms with Crippen molar-refractivity contribution in [3.05, 3.63) is 0 Å². The van der Waals surface area contributed by atoms with E-state index in [1.807, 2.05) is 0 Å². The van der Waals surface area contributed by atoms with Gasteiger partial charge in [0.05, 0.1) is 0 Å². The van der Waals surface area contributed by atoms with Gasteiger partial charge in [-0.15, -0.1) is 0 Å². The number of rotatable bonds is 0. The van der Waals surface area contributed by atoms with Gasteiger partial charge in [0.25, 0.3) is 11.8 Å². The fourth-order valence-electron chi connectivity index (χ4n) is 0.565. The number of nitrogens with zero attached hydrogens (tertiary/aromatic N) is 1. The minimum Gasteiger partial charge on any atom is -0.279 e. The number of amides is 2. The summed E-state index contributed by atoms with van der Waals surface area (Å²) in [5, 5.41) is 14.0. The maximum absolute atomic E-state index is 10.2. The molecule has 6 heteroatoms. The zero-order valence-electron chi connectivity index (χ0n) is 5.53. The summed E-state index contributed by atoms with van der Waals surface area (Å²) in [6, 6.07) is 0. The summed E-state index contributed by atoms with van der Waals surface area (Å²) < 4.78 is 0. The molecule has 1 aliphatic heterocycles. The van der Waals surface area contributed by atoms with Gasteiger partial charge in [-0.1, -0.05) is 0 Å². The zero-order chi connectivity index (χ0) is 8.85. The predicted molar refractivity (Wildman–Crippen MR) is 31.3 cm³/mol. The van der Waals surface area contributed by atoms with Gasteiger partial charge >= 0.3 is 0 Å². The van der Waals surface area contributed by atoms with Crippen molar-refractivity contribution in [1.82, 2.24) is 5.06 Å². The highest BCUT2D eigenvalue weighted by Gasteiger charge is 2.26. The first-order chi connectivity index (χ1) is 5.13. The molecule has 1 rings (SSSR count). The number of nitrogens with one attached hydrogen (secondary N) is 1. The average Bonchev–Trinajstić information content (AvgIpc) is 2.22. The molecule has 0 radical (unpaired) electrons. The second kappa shape index (κ2) is 4.32. The van der Waals surface area contributed by atoms with Gasteiger partial charge < -0.3 is 0 Å². The molecule has 0 aromatic carbocycles. The van der Waals surface area contributed by atoms with E-state index in [9.17, 15) is 9.59 Å². The molecule has 0 spiro atoms. The maximum atomic E-state index is 10.2. The fourth-order valence-corrected chi connectivity index (χ4v) is 0.565. The number of imide groups is 1. The van der Waals surface area contributed by atoms with E-state index in [0.29, 0.717) is 0 Å². The minimum atomic E-state index is -0.505. The van der Waals surface area contributed by atoms with Crippen LogP contribution in [0, 0.1) is 5.41 Å². The molecule has 0 saturated carbocycles. The number of carbonyl (C=O) groups excluding carboxylic acids is 3. The lowest BCUT2D eigenvalue weighted by atomic mass is 10.4. The number of hydrogen-bond donors (Lipinski definition) is 2. The van der Waals surface area contributed by atoms with Gasteiger partial charge in [-0.2, -0.15) is 5.06 Å². The summed E-state index contributed by atoms with van der Waals surface area (Å²) in [4.78, 5) is 28.8. The second-order valence-electron chi connectivity index (χ2n) is 1.70. The minimum absolute atomic E-state index is 0.148. The van der Waals surface area contributed by atoms with Gasteiger partial charge in [0.15, 0.2) is 0 Å². The van der Waals surface area contributed by atoms with Crippen molar-refractivity contribution in [2.24, 2.45) is 0 Å². The zero-order valence-corrected chi connectivity index (χ0v) is 5.53. The summed E-state index contributed by atoms with van der Waals surface area (Å²) in [7, 11) is 0. The molecule has 11 heavy (non-hydrogen) atoms. The van der Waals surface area contributed by atoms with Gasteiger partial charge in [-0.25, -0.2) is 10.2 Å². The molecule has 60 valence electrons. The van der Waals surface area contributed by atoms with E-state index in [2.05, 4.69) is 0 Å². The van der Waals surface area contributed by atoms with Crippen LogP contribution < -0.4 is 0 Å². The Hall–Kier alpha value is -1.52. The van der Waals surface area contributed by atoms with Crippen LogP contribution in [-0.2, 0) is 14.4 Å². The highest BCUT2D eigenvalue weighted by molar-refractivity contribution is 6.00. The Balaban J connectivity index is 0.000000292. The molecular formula is C5H6N2O4. The third-order valence-electron chi connectivity index (χ3n) is 1.03. The van der Waals surface area contributed by atoms with Crippen molar-refractivity contribution in [2.75, 3.05) is 0 Å². The van der Waals surface area contributed by atoms with Crippen LogP contribution in [-0.4, -0.2) is 28.2 Å². The van der Waals surface area contributed by atoms with E-state index < -0.39 is 11.8 Å². The molecule has 1 saturated heterocycles. The lowest BCUT2D eigenvalue weighted by Crippen LogP contribution is -2.24. The van der Waals surface area contributed by atoms with Crippen molar-refractivity contribution in [1.29, 1.82) is 5.41 Å². The van der Waals surface area contributed by atoms with Gasteiger partial charge in [-0.05, 0) is 0 Å². The number of carbonyl (C=O) groups is 2. The summed E-state index contributed by atoms with van der Waals surface area (Å²) in [6.07, 6.45) is 1.05. The highest BCUT2D eigenvalue weighted by Crippen LogP contribution is 2.06. The maximum Gasteiger partial charge on any atom is 0.253 e. The first-order valence-corrected chi connectivity index (χ1v) is 2.72. The first kappa shape index (κ1) is 9.48. The predicted octanol–water partition coefficient (Wildman–Crippen LogP) is -0.574. The molecule has 1 fully saturated rings. The number of isocyanates is 1. The SMILES string of the molecule is N=C=O.O=C1CCC(=O)N1O. The first-order valence-electron chi connectivity index (χ1n) is 2.72. The number of hydrogen-bond acceptors (Lipinski definition) is 5. The molecule has 0 atom stereocenters. The molecule has 0 aliphatic carbocycles. The normalized spacial score (nSPS) is 15.5. The Labute approximate surface area is 61.9 Å². The molecule has 1 heterocycles. The standard InChI is InChI=1S/C4H5NO3.CHNO/c6-3-1-2-4(7)5(3)8;2-1-3/h8H,1-2H2;2H. The fraction of sp³-hybridized carbons (Fsp3) is 0.400. The largest absolute Gasteiger partial charge is 0.279 e. The van der Waals surface area contributed by atoms with Crippen LogP contribution in [0.5, 0.6) is 0 Å². The third kappa shape index (κ3) is 2.70.